The molecule has 8 rings (SSSR count). The molecule has 420 valence electrons. The van der Waals surface area contributed by atoms with Crippen LogP contribution in [0.15, 0.2) is 164 Å². The van der Waals surface area contributed by atoms with Gasteiger partial charge in [0.25, 0.3) is 0 Å². The van der Waals surface area contributed by atoms with Crippen molar-refractivity contribution in [2.75, 3.05) is 5.32 Å². The van der Waals surface area contributed by atoms with Crippen molar-refractivity contribution < 1.29 is 106 Å². The molecule has 6 aromatic carbocycles. The molecule has 0 spiro atoms. The SMILES string of the molecule is CC.CC.CC.CC.Cc1cc(C(C)C)c(NC(c2[c-]cccc2)c2cccc(-c3ccccc3)n2)c(C(C)C)c1.Cc1cc(C(C)C)c([N-]C(c2[c-]cccc2)c2cccc(-c3[c-]cccc3)n2)c(C(C)C)c1.[CH3-].[Gd].[Gd].[Hf]. The van der Waals surface area contributed by atoms with Crippen molar-refractivity contribution in [3.8, 4) is 22.5 Å². The van der Waals surface area contributed by atoms with Gasteiger partial charge in [0.05, 0.1) is 17.4 Å². The molecule has 8 aromatic rings. The summed E-state index contributed by atoms with van der Waals surface area (Å²) in [5, 5.41) is 9.34. The molecule has 0 radical (unpaired) electrons. The van der Waals surface area contributed by atoms with Crippen molar-refractivity contribution in [2.24, 2.45) is 0 Å². The molecule has 1 N–H and O–H groups in total. The van der Waals surface area contributed by atoms with Crippen molar-refractivity contribution >= 4 is 11.4 Å². The Morgan fingerprint density at radius 3 is 1.29 bits per heavy atom. The molecule has 2 heterocycles. The summed E-state index contributed by atoms with van der Waals surface area (Å²) >= 11 is 0. The summed E-state index contributed by atoms with van der Waals surface area (Å²) in [5.74, 6) is 1.57. The number of hydrogen-bond acceptors (Lipinski definition) is 3. The number of nitrogens with zero attached hydrogens (tertiary/aromatic N) is 3. The van der Waals surface area contributed by atoms with Crippen LogP contribution in [0.2, 0.25) is 0 Å². The first-order valence-corrected chi connectivity index (χ1v) is 27.5. The smallest absolute Gasteiger partial charge is 0.0715 e. The molecule has 4 nitrogen and oxygen atoms in total. The van der Waals surface area contributed by atoms with E-state index >= 15 is 0 Å². The summed E-state index contributed by atoms with van der Waals surface area (Å²) in [4.78, 5) is 10.1. The van der Waals surface area contributed by atoms with Crippen LogP contribution in [0.25, 0.3) is 27.8 Å². The van der Waals surface area contributed by atoms with Gasteiger partial charge in [-0.1, -0.05) is 212 Å². The van der Waals surface area contributed by atoms with E-state index in [-0.39, 0.29) is 125 Å². The monoisotopic (exact) mass is 1500 g/mol. The second kappa shape index (κ2) is 41.7. The molecule has 2 unspecified atom stereocenters. The Kier molecular flexibility index (Phi) is 41.1. The van der Waals surface area contributed by atoms with Crippen molar-refractivity contribution in [1.82, 2.24) is 9.97 Å². The average Bonchev–Trinajstić information content (AvgIpc) is 3.45. The number of anilines is 1. The quantitative estimate of drug-likeness (QED) is 0.0872. The van der Waals surface area contributed by atoms with Gasteiger partial charge >= 0.3 is 0 Å². The second-order valence-electron chi connectivity index (χ2n) is 18.5. The van der Waals surface area contributed by atoms with E-state index in [2.05, 4.69) is 190 Å². The van der Waals surface area contributed by atoms with Crippen LogP contribution in [-0.2, 0) is 25.8 Å². The van der Waals surface area contributed by atoms with Gasteiger partial charge < -0.3 is 23.0 Å². The maximum absolute atomic E-state index is 5.41. The number of aromatic nitrogens is 2. The first-order valence-electron chi connectivity index (χ1n) is 27.5. The van der Waals surface area contributed by atoms with E-state index in [0.717, 1.165) is 50.7 Å². The third kappa shape index (κ3) is 22.6. The molecule has 7 heteroatoms. The minimum atomic E-state index is -0.243. The molecule has 78 heavy (non-hydrogen) atoms. The normalized spacial score (nSPS) is 10.6. The van der Waals surface area contributed by atoms with Gasteiger partial charge in [0.1, 0.15) is 0 Å². The summed E-state index contributed by atoms with van der Waals surface area (Å²) in [6.07, 6.45) is 0. The van der Waals surface area contributed by atoms with Gasteiger partial charge in [-0.2, -0.15) is 66.2 Å². The standard InChI is InChI=1S/C31H33N2.C31H31N2.4C2H6.CH3.2Gd.Hf/c2*1-21(2)26-19-23(5)20-27(22(3)4)31(26)33-30(25-15-10-7-11-16-25)29-18-12-17-28(32-29)24-13-8-6-9-14-24;4*1-2;;;;/h6-15,17-22,30,33H,1-5H3;6-13,15,17-22,30H,1-5H3;4*1-2H3;1H3;;;/q-1;-3;;;;;-1;;;. The zero-order chi connectivity index (χ0) is 54.7. The van der Waals surface area contributed by atoms with E-state index in [0.29, 0.717) is 23.7 Å². The van der Waals surface area contributed by atoms with Gasteiger partial charge in [-0.05, 0) is 72.5 Å². The van der Waals surface area contributed by atoms with Gasteiger partial charge in [-0.25, -0.2) is 0 Å². The Hall–Kier alpha value is -3.26. The molecule has 0 bridgehead atoms. The third-order valence-corrected chi connectivity index (χ3v) is 11.9. The van der Waals surface area contributed by atoms with E-state index in [4.69, 9.17) is 15.3 Å². The summed E-state index contributed by atoms with van der Waals surface area (Å²) in [5.41, 5.74) is 18.2. The van der Waals surface area contributed by atoms with Gasteiger partial charge in [-0.15, -0.1) is 47.1 Å². The number of nitrogens with one attached hydrogen (secondary N) is 1. The van der Waals surface area contributed by atoms with Crippen LogP contribution >= 0.6 is 0 Å². The Bertz CT molecular complexity index is 2550. The topological polar surface area (TPSA) is 51.9 Å². The molecule has 2 aromatic heterocycles. The van der Waals surface area contributed by atoms with E-state index in [9.17, 15) is 0 Å². The van der Waals surface area contributed by atoms with Crippen LogP contribution in [0, 0.1) is 119 Å². The molecule has 0 aliphatic carbocycles. The first kappa shape index (κ1) is 76.8. The largest absolute Gasteiger partial charge is 0.674 e. The molecule has 0 aliphatic rings. The number of aryl methyl sites for hydroxylation is 2. The zero-order valence-corrected chi connectivity index (χ0v) is 58.7. The zero-order valence-electron chi connectivity index (χ0n) is 50.6. The van der Waals surface area contributed by atoms with Crippen LogP contribution < -0.4 is 5.32 Å². The predicted molar refractivity (Wildman–Crippen MR) is 330 cm³/mol. The maximum Gasteiger partial charge on any atom is 0.0715 e. The fourth-order valence-electron chi connectivity index (χ4n) is 8.52. The Labute approximate surface area is 559 Å². The van der Waals surface area contributed by atoms with E-state index < -0.39 is 0 Å². The molecule has 0 aliphatic heterocycles. The summed E-state index contributed by atoms with van der Waals surface area (Å²) in [6, 6.07) is 66.1. The van der Waals surface area contributed by atoms with E-state index in [1.165, 1.54) is 39.1 Å². The van der Waals surface area contributed by atoms with Crippen LogP contribution in [0.1, 0.15) is 202 Å². The second-order valence-corrected chi connectivity index (χ2v) is 18.5. The predicted octanol–water partition coefficient (Wildman–Crippen LogP) is 21.6. The van der Waals surface area contributed by atoms with E-state index in [1.807, 2.05) is 122 Å². The van der Waals surface area contributed by atoms with Gasteiger partial charge in [0.15, 0.2) is 0 Å². The summed E-state index contributed by atoms with van der Waals surface area (Å²) in [7, 11) is 0. The van der Waals surface area contributed by atoms with Crippen molar-refractivity contribution in [1.29, 1.82) is 0 Å². The van der Waals surface area contributed by atoms with E-state index in [1.54, 1.807) is 0 Å². The number of rotatable bonds is 14. The van der Waals surface area contributed by atoms with Crippen molar-refractivity contribution in [3.05, 3.63) is 251 Å². The first-order chi connectivity index (χ1) is 35.9. The van der Waals surface area contributed by atoms with Crippen LogP contribution in [0.4, 0.5) is 11.4 Å². The molecular weight excluding hydrogens is 1400 g/mol. The van der Waals surface area contributed by atoms with Crippen molar-refractivity contribution in [3.63, 3.8) is 0 Å². The minimum Gasteiger partial charge on any atom is -0.674 e. The molecule has 0 saturated carbocycles. The minimum absolute atomic E-state index is 0. The molecule has 0 amide bonds. The molecule has 0 saturated heterocycles. The molecular formula is C71H91Gd2HfN4-5. The summed E-state index contributed by atoms with van der Waals surface area (Å²) < 4.78 is 0. The Morgan fingerprint density at radius 1 is 0.436 bits per heavy atom. The van der Waals surface area contributed by atoms with Crippen LogP contribution in [0.3, 0.4) is 0 Å². The Morgan fingerprint density at radius 2 is 0.846 bits per heavy atom. The molecule has 2 atom stereocenters. The van der Waals surface area contributed by atoms with Gasteiger partial charge in [0, 0.05) is 123 Å². The number of hydrogen-bond donors (Lipinski definition) is 1. The number of benzene rings is 6. The number of pyridine rings is 2. The molecule has 0 fully saturated rings. The average molecular weight is 1490 g/mol. The van der Waals surface area contributed by atoms with Crippen LogP contribution in [0.5, 0.6) is 0 Å². The Balaban J connectivity index is 0. The van der Waals surface area contributed by atoms with Crippen LogP contribution in [-0.4, -0.2) is 9.97 Å². The van der Waals surface area contributed by atoms with Gasteiger partial charge in [-0.3, -0.25) is 4.98 Å². The third-order valence-electron chi connectivity index (χ3n) is 11.9. The fraction of sp³-hybridized carbons (Fsp3) is 0.338. The van der Waals surface area contributed by atoms with Gasteiger partial charge in [0.2, 0.25) is 0 Å². The summed E-state index contributed by atoms with van der Waals surface area (Å²) in [6.45, 7) is 38.4. The maximum atomic E-state index is 5.41. The van der Waals surface area contributed by atoms with Crippen molar-refractivity contribution in [2.45, 2.75) is 160 Å². The fourth-order valence-corrected chi connectivity index (χ4v) is 8.52.